The molecule has 0 saturated heterocycles. The fraction of sp³-hybridized carbons (Fsp3) is 0.889. The summed E-state index contributed by atoms with van der Waals surface area (Å²) in [7, 11) is -1.73. The van der Waals surface area contributed by atoms with Crippen LogP contribution in [0.2, 0.25) is 39.3 Å². The summed E-state index contributed by atoms with van der Waals surface area (Å²) in [6, 6.07) is 0. The van der Waals surface area contributed by atoms with Crippen LogP contribution in [0.4, 0.5) is 0 Å². The van der Waals surface area contributed by atoms with Crippen LogP contribution in [-0.2, 0) is 18.4 Å². The molecule has 0 aromatic carbocycles. The van der Waals surface area contributed by atoms with E-state index in [0.29, 0.717) is 6.42 Å². The lowest BCUT2D eigenvalue weighted by Gasteiger charge is -2.27. The zero-order chi connectivity index (χ0) is 25.2. The molecule has 0 aromatic heterocycles. The van der Waals surface area contributed by atoms with E-state index in [9.17, 15) is 4.79 Å². The van der Waals surface area contributed by atoms with Gasteiger partial charge in [0.25, 0.3) is 0 Å². The van der Waals surface area contributed by atoms with Gasteiger partial charge in [-0.2, -0.15) is 0 Å². The average Bonchev–Trinajstić information content (AvgIpc) is 2.70. The van der Waals surface area contributed by atoms with Crippen molar-refractivity contribution < 1.29 is 18.4 Å². The van der Waals surface area contributed by atoms with Gasteiger partial charge in [0.05, 0.1) is 19.3 Å². The summed E-state index contributed by atoms with van der Waals surface area (Å²) in [6.45, 7) is 15.9. The van der Waals surface area contributed by atoms with Crippen LogP contribution in [-0.4, -0.2) is 41.9 Å². The quantitative estimate of drug-likeness (QED) is 0.0684. The van der Waals surface area contributed by atoms with Crippen LogP contribution in [0.5, 0.6) is 0 Å². The number of ether oxygens (including phenoxy) is 1. The summed E-state index contributed by atoms with van der Waals surface area (Å²) >= 11 is 0. The average molecular weight is 501 g/mol. The number of unbranched alkanes of at least 4 members (excludes halogenated alkanes) is 9. The molecular weight excluding hydrogens is 444 g/mol. The van der Waals surface area contributed by atoms with Crippen LogP contribution < -0.4 is 0 Å². The van der Waals surface area contributed by atoms with Crippen LogP contribution in [0.15, 0.2) is 12.2 Å². The fourth-order valence-electron chi connectivity index (χ4n) is 3.92. The Morgan fingerprint density at radius 1 is 0.667 bits per heavy atom. The summed E-state index contributed by atoms with van der Waals surface area (Å²) in [5.74, 6) is -0.0921. The number of hydrogen-bond donors (Lipinski definition) is 0. The molecule has 6 heteroatoms. The van der Waals surface area contributed by atoms with Crippen LogP contribution in [0, 0.1) is 0 Å². The maximum Gasteiger partial charge on any atom is 0.305 e. The van der Waals surface area contributed by atoms with Gasteiger partial charge >= 0.3 is 5.97 Å². The summed E-state index contributed by atoms with van der Waals surface area (Å²) in [4.78, 5) is 11.2. The molecule has 0 aliphatic heterocycles. The number of methoxy groups -OCH3 is 1. The van der Waals surface area contributed by atoms with E-state index in [1.807, 2.05) is 0 Å². The third-order valence-corrected chi connectivity index (χ3v) is 7.51. The van der Waals surface area contributed by atoms with Crippen molar-refractivity contribution in [3.05, 3.63) is 12.2 Å². The van der Waals surface area contributed by atoms with E-state index in [2.05, 4.69) is 58.4 Å². The van der Waals surface area contributed by atoms with Gasteiger partial charge in [-0.15, -0.1) is 0 Å². The van der Waals surface area contributed by atoms with Gasteiger partial charge in [-0.05, 0) is 58.5 Å². The normalized spacial score (nSPS) is 14.5. The molecule has 0 N–H and O–H groups in total. The highest BCUT2D eigenvalue weighted by Crippen LogP contribution is 2.20. The van der Waals surface area contributed by atoms with Crippen LogP contribution in [0.3, 0.4) is 0 Å². The monoisotopic (exact) mass is 500 g/mol. The molecule has 2 atom stereocenters. The van der Waals surface area contributed by atoms with E-state index in [1.54, 1.807) is 0 Å². The van der Waals surface area contributed by atoms with Crippen LogP contribution in [0.25, 0.3) is 0 Å². The summed E-state index contributed by atoms with van der Waals surface area (Å²) in [5, 5.41) is 0. The topological polar surface area (TPSA) is 44.8 Å². The number of rotatable bonds is 21. The van der Waals surface area contributed by atoms with Crippen molar-refractivity contribution in [3.8, 4) is 0 Å². The van der Waals surface area contributed by atoms with Crippen molar-refractivity contribution in [2.75, 3.05) is 7.11 Å². The minimum atomic E-state index is -1.61. The molecule has 0 rings (SSSR count). The number of carbonyl (C=O) groups is 1. The molecule has 0 aromatic rings. The Labute approximate surface area is 208 Å². The van der Waals surface area contributed by atoms with E-state index in [0.717, 1.165) is 25.7 Å². The smallest absolute Gasteiger partial charge is 0.305 e. The van der Waals surface area contributed by atoms with Gasteiger partial charge in [0.15, 0.2) is 16.6 Å². The lowest BCUT2D eigenvalue weighted by molar-refractivity contribution is -0.140. The maximum absolute atomic E-state index is 11.2. The molecular formula is C27H56O4Si2. The number of hydrogen-bond acceptors (Lipinski definition) is 4. The Morgan fingerprint density at radius 3 is 1.45 bits per heavy atom. The molecule has 4 nitrogen and oxygen atoms in total. The van der Waals surface area contributed by atoms with E-state index < -0.39 is 16.6 Å². The van der Waals surface area contributed by atoms with Gasteiger partial charge in [0, 0.05) is 6.42 Å². The predicted molar refractivity (Wildman–Crippen MR) is 148 cm³/mol. The second-order valence-electron chi connectivity index (χ2n) is 11.4. The molecule has 0 aliphatic carbocycles. The lowest BCUT2D eigenvalue weighted by Crippen LogP contribution is -2.33. The molecule has 0 heterocycles. The zero-order valence-corrected chi connectivity index (χ0v) is 25.3. The van der Waals surface area contributed by atoms with Crippen molar-refractivity contribution in [1.82, 2.24) is 0 Å². The fourth-order valence-corrected chi connectivity index (χ4v) is 6.13. The first-order valence-electron chi connectivity index (χ1n) is 13.6. The SMILES string of the molecule is CCCCCCC[C@@H](/C=C/[C@@H](CCCCCCCCC(=O)OC)O[Si](C)(C)C)O[Si](C)(C)C. The van der Waals surface area contributed by atoms with Crippen molar-refractivity contribution >= 4 is 22.6 Å². The summed E-state index contributed by atoms with van der Waals surface area (Å²) in [6.07, 6.45) is 21.2. The predicted octanol–water partition coefficient (Wildman–Crippen LogP) is 8.64. The molecule has 0 saturated carbocycles. The minimum Gasteiger partial charge on any atom is -0.469 e. The highest BCUT2D eigenvalue weighted by Gasteiger charge is 2.22. The van der Waals surface area contributed by atoms with Gasteiger partial charge in [0.2, 0.25) is 0 Å². The summed E-state index contributed by atoms with van der Waals surface area (Å²) < 4.78 is 17.7. The zero-order valence-electron chi connectivity index (χ0n) is 23.3. The van der Waals surface area contributed by atoms with Crippen molar-refractivity contribution in [1.29, 1.82) is 0 Å². The van der Waals surface area contributed by atoms with Gasteiger partial charge < -0.3 is 13.6 Å². The Hall–Kier alpha value is -0.436. The molecule has 0 aliphatic rings. The summed E-state index contributed by atoms with van der Waals surface area (Å²) in [5.41, 5.74) is 0. The molecule has 196 valence electrons. The molecule has 0 radical (unpaired) electrons. The van der Waals surface area contributed by atoms with E-state index in [4.69, 9.17) is 13.6 Å². The third kappa shape index (κ3) is 23.1. The first-order chi connectivity index (χ1) is 15.5. The second-order valence-corrected chi connectivity index (χ2v) is 20.3. The van der Waals surface area contributed by atoms with Crippen LogP contribution >= 0.6 is 0 Å². The largest absolute Gasteiger partial charge is 0.469 e. The Bertz CT molecular complexity index is 509. The molecule has 0 spiro atoms. The third-order valence-electron chi connectivity index (χ3n) is 5.49. The Morgan fingerprint density at radius 2 is 1.06 bits per heavy atom. The first kappa shape index (κ1) is 32.6. The molecule has 33 heavy (non-hydrogen) atoms. The number of carbonyl (C=O) groups excluding carboxylic acids is 1. The molecule has 0 bridgehead atoms. The van der Waals surface area contributed by atoms with Gasteiger partial charge in [-0.1, -0.05) is 83.3 Å². The van der Waals surface area contributed by atoms with E-state index in [1.165, 1.54) is 64.9 Å². The molecule has 0 unspecified atom stereocenters. The van der Waals surface area contributed by atoms with E-state index in [-0.39, 0.29) is 18.2 Å². The lowest BCUT2D eigenvalue weighted by atomic mass is 10.0. The van der Waals surface area contributed by atoms with Crippen molar-refractivity contribution in [2.24, 2.45) is 0 Å². The highest BCUT2D eigenvalue weighted by molar-refractivity contribution is 6.70. The minimum absolute atomic E-state index is 0.0921. The highest BCUT2D eigenvalue weighted by atomic mass is 28.4. The maximum atomic E-state index is 11.2. The molecule has 0 fully saturated rings. The Kier molecular flexibility index (Phi) is 18.6. The molecule has 0 amide bonds. The van der Waals surface area contributed by atoms with Crippen molar-refractivity contribution in [3.63, 3.8) is 0 Å². The number of esters is 1. The van der Waals surface area contributed by atoms with E-state index >= 15 is 0 Å². The second kappa shape index (κ2) is 18.8. The van der Waals surface area contributed by atoms with Gasteiger partial charge in [-0.25, -0.2) is 0 Å². The standard InChI is InChI=1S/C27H56O4Si2/c1-9-10-11-14-17-20-25(30-32(3,4)5)23-24-26(31-33(6,7)8)21-18-15-12-13-16-19-22-27(28)29-2/h23-26H,9-22H2,1-8H3/b24-23+/t25-,26+/m0/s1. The van der Waals surface area contributed by atoms with Crippen molar-refractivity contribution in [2.45, 2.75) is 148 Å². The van der Waals surface area contributed by atoms with Gasteiger partial charge in [0.1, 0.15) is 0 Å². The first-order valence-corrected chi connectivity index (χ1v) is 20.4. The van der Waals surface area contributed by atoms with Crippen LogP contribution in [0.1, 0.15) is 96.8 Å². The Balaban J connectivity index is 4.60. The van der Waals surface area contributed by atoms with Gasteiger partial charge in [-0.3, -0.25) is 4.79 Å².